The molecule has 11 heteroatoms. The van der Waals surface area contributed by atoms with Crippen LogP contribution in [0.2, 0.25) is 5.02 Å². The average Bonchev–Trinajstić information content (AvgIpc) is 3.17. The van der Waals surface area contributed by atoms with Gasteiger partial charge in [-0.2, -0.15) is 5.26 Å². The number of nitriles is 1. The van der Waals surface area contributed by atoms with Gasteiger partial charge in [0.15, 0.2) is 11.5 Å². The number of hydrogen-bond acceptors (Lipinski definition) is 7. The van der Waals surface area contributed by atoms with E-state index in [1.54, 1.807) is 48.5 Å². The molecule has 198 valence electrons. The predicted octanol–water partition coefficient (Wildman–Crippen LogP) is 6.39. The Kier molecular flexibility index (Phi) is 9.16. The summed E-state index contributed by atoms with van der Waals surface area (Å²) in [6.45, 7) is 1.56. The summed E-state index contributed by atoms with van der Waals surface area (Å²) < 4.78 is 12.2. The molecule has 0 bridgehead atoms. The fourth-order valence-electron chi connectivity index (χ4n) is 3.72. The number of methoxy groups -OCH3 is 1. The maximum atomic E-state index is 13.0. The zero-order valence-electron chi connectivity index (χ0n) is 20.8. The van der Waals surface area contributed by atoms with E-state index in [0.717, 1.165) is 27.8 Å². The summed E-state index contributed by atoms with van der Waals surface area (Å²) in [5.74, 6) is -0.160. The van der Waals surface area contributed by atoms with Crippen LogP contribution in [0.1, 0.15) is 22.3 Å². The van der Waals surface area contributed by atoms with Crippen molar-refractivity contribution in [1.29, 1.82) is 5.26 Å². The number of nitrogens with one attached hydrogen (secondary N) is 1. The smallest absolute Gasteiger partial charge is 0.294 e. The van der Waals surface area contributed by atoms with Crippen LogP contribution in [0.25, 0.3) is 6.08 Å². The minimum absolute atomic E-state index is 0.172. The highest BCUT2D eigenvalue weighted by atomic mass is 127. The van der Waals surface area contributed by atoms with Gasteiger partial charge >= 0.3 is 0 Å². The SMILES string of the molecule is COc1cc(/C=C2/SC(=O)N(CC(=O)Nc3cc(Cl)ccc3C)C2=O)cc(I)c1OCc1ccccc1C#N. The molecule has 1 aliphatic heterocycles. The third-order valence-electron chi connectivity index (χ3n) is 5.71. The molecule has 0 aromatic heterocycles. The van der Waals surface area contributed by atoms with E-state index >= 15 is 0 Å². The molecule has 0 aliphatic carbocycles. The number of benzene rings is 3. The highest BCUT2D eigenvalue weighted by Gasteiger charge is 2.36. The number of halogens is 2. The summed E-state index contributed by atoms with van der Waals surface area (Å²) in [5.41, 5.74) is 3.19. The average molecular weight is 674 g/mol. The van der Waals surface area contributed by atoms with Crippen molar-refractivity contribution in [3.63, 3.8) is 0 Å². The Morgan fingerprint density at radius 2 is 1.97 bits per heavy atom. The van der Waals surface area contributed by atoms with Gasteiger partial charge in [0.25, 0.3) is 11.1 Å². The molecular formula is C28H21ClIN3O5S. The Hall–Kier alpha value is -3.53. The summed E-state index contributed by atoms with van der Waals surface area (Å²) in [6, 6.07) is 17.9. The lowest BCUT2D eigenvalue weighted by Crippen LogP contribution is -2.36. The van der Waals surface area contributed by atoms with Crippen molar-refractivity contribution < 1.29 is 23.9 Å². The van der Waals surface area contributed by atoms with Gasteiger partial charge in [0, 0.05) is 16.3 Å². The van der Waals surface area contributed by atoms with E-state index in [1.807, 2.05) is 19.1 Å². The predicted molar refractivity (Wildman–Crippen MR) is 159 cm³/mol. The van der Waals surface area contributed by atoms with Crippen molar-refractivity contribution in [2.45, 2.75) is 13.5 Å². The molecule has 3 aromatic carbocycles. The maximum absolute atomic E-state index is 13.0. The van der Waals surface area contributed by atoms with Crippen LogP contribution in [-0.2, 0) is 16.2 Å². The minimum Gasteiger partial charge on any atom is -0.493 e. The number of carbonyl (C=O) groups is 3. The molecule has 4 rings (SSSR count). The van der Waals surface area contributed by atoms with Gasteiger partial charge in [-0.25, -0.2) is 0 Å². The van der Waals surface area contributed by atoms with E-state index in [1.165, 1.54) is 7.11 Å². The second kappa shape index (κ2) is 12.5. The zero-order valence-corrected chi connectivity index (χ0v) is 24.5. The van der Waals surface area contributed by atoms with Gasteiger partial charge in [0.2, 0.25) is 5.91 Å². The normalized spacial score (nSPS) is 13.9. The quantitative estimate of drug-likeness (QED) is 0.218. The van der Waals surface area contributed by atoms with Gasteiger partial charge in [-0.1, -0.05) is 35.9 Å². The molecular weight excluding hydrogens is 653 g/mol. The first-order valence-corrected chi connectivity index (χ1v) is 13.8. The molecule has 39 heavy (non-hydrogen) atoms. The van der Waals surface area contributed by atoms with Crippen LogP contribution < -0.4 is 14.8 Å². The Labute approximate surface area is 248 Å². The summed E-state index contributed by atoms with van der Waals surface area (Å²) in [7, 11) is 1.50. The first-order chi connectivity index (χ1) is 18.7. The van der Waals surface area contributed by atoms with Crippen molar-refractivity contribution in [2.24, 2.45) is 0 Å². The Morgan fingerprint density at radius 3 is 2.72 bits per heavy atom. The van der Waals surface area contributed by atoms with Crippen LogP contribution in [0.4, 0.5) is 10.5 Å². The van der Waals surface area contributed by atoms with E-state index < -0.39 is 23.6 Å². The second-order valence-electron chi connectivity index (χ2n) is 8.37. The number of carbonyl (C=O) groups excluding carboxylic acids is 3. The van der Waals surface area contributed by atoms with Crippen LogP contribution in [-0.4, -0.2) is 35.6 Å². The largest absolute Gasteiger partial charge is 0.493 e. The molecule has 0 atom stereocenters. The van der Waals surface area contributed by atoms with Crippen molar-refractivity contribution >= 4 is 74.8 Å². The van der Waals surface area contributed by atoms with Crippen LogP contribution >= 0.6 is 46.0 Å². The molecule has 1 fully saturated rings. The molecule has 1 N–H and O–H groups in total. The van der Waals surface area contributed by atoms with Crippen molar-refractivity contribution in [3.05, 3.63) is 90.3 Å². The Morgan fingerprint density at radius 1 is 1.21 bits per heavy atom. The number of imide groups is 1. The minimum atomic E-state index is -0.564. The number of anilines is 1. The van der Waals surface area contributed by atoms with Gasteiger partial charge in [-0.05, 0) is 88.8 Å². The molecule has 1 heterocycles. The molecule has 3 aromatic rings. The highest BCUT2D eigenvalue weighted by molar-refractivity contribution is 14.1. The van der Waals surface area contributed by atoms with Gasteiger partial charge < -0.3 is 14.8 Å². The maximum Gasteiger partial charge on any atom is 0.294 e. The van der Waals surface area contributed by atoms with Crippen LogP contribution in [0.5, 0.6) is 11.5 Å². The third-order valence-corrected chi connectivity index (χ3v) is 7.65. The summed E-state index contributed by atoms with van der Waals surface area (Å²) in [5, 5.41) is 11.9. The van der Waals surface area contributed by atoms with Crippen LogP contribution in [0.3, 0.4) is 0 Å². The summed E-state index contributed by atoms with van der Waals surface area (Å²) >= 11 is 8.86. The number of hydrogen-bond donors (Lipinski definition) is 1. The molecule has 1 saturated heterocycles. The van der Waals surface area contributed by atoms with Gasteiger partial charge in [0.05, 0.1) is 27.2 Å². The fourth-order valence-corrected chi connectivity index (χ4v) is 5.51. The lowest BCUT2D eigenvalue weighted by Gasteiger charge is -2.14. The lowest BCUT2D eigenvalue weighted by atomic mass is 10.1. The molecule has 0 spiro atoms. The first kappa shape index (κ1) is 28.5. The van der Waals surface area contributed by atoms with E-state index in [9.17, 15) is 19.6 Å². The summed E-state index contributed by atoms with van der Waals surface area (Å²) in [6.07, 6.45) is 1.57. The standard InChI is InChI=1S/C28H21ClIN3O5S/c1-16-7-8-20(29)12-22(16)32-25(34)14-33-27(35)24(39-28(33)36)11-17-9-21(30)26(23(10-17)37-2)38-15-19-6-4-3-5-18(19)13-31/h3-12H,14-15H2,1-2H3,(H,32,34)/b24-11+. The number of thioether (sulfide) groups is 1. The number of rotatable bonds is 8. The molecule has 8 nitrogen and oxygen atoms in total. The molecule has 3 amide bonds. The topological polar surface area (TPSA) is 109 Å². The van der Waals surface area contributed by atoms with Gasteiger partial charge in [-0.3, -0.25) is 19.3 Å². The lowest BCUT2D eigenvalue weighted by molar-refractivity contribution is -0.127. The first-order valence-electron chi connectivity index (χ1n) is 11.5. The number of amides is 3. The molecule has 1 aliphatic rings. The van der Waals surface area contributed by atoms with E-state index in [0.29, 0.717) is 36.9 Å². The molecule has 0 unspecified atom stereocenters. The number of aryl methyl sites for hydroxylation is 1. The van der Waals surface area contributed by atoms with Crippen molar-refractivity contribution in [2.75, 3.05) is 19.0 Å². The highest BCUT2D eigenvalue weighted by Crippen LogP contribution is 2.38. The number of ether oxygens (including phenoxy) is 2. The summed E-state index contributed by atoms with van der Waals surface area (Å²) in [4.78, 5) is 39.2. The third kappa shape index (κ3) is 6.73. The van der Waals surface area contributed by atoms with Gasteiger partial charge in [0.1, 0.15) is 13.2 Å². The van der Waals surface area contributed by atoms with Crippen molar-refractivity contribution in [3.8, 4) is 17.6 Å². The van der Waals surface area contributed by atoms with Crippen LogP contribution in [0.15, 0.2) is 59.5 Å². The van der Waals surface area contributed by atoms with Gasteiger partial charge in [-0.15, -0.1) is 0 Å². The monoisotopic (exact) mass is 673 g/mol. The molecule has 0 radical (unpaired) electrons. The Bertz CT molecular complexity index is 1550. The number of nitrogens with zero attached hydrogens (tertiary/aromatic N) is 2. The van der Waals surface area contributed by atoms with E-state index in [-0.39, 0.29) is 11.5 Å². The second-order valence-corrected chi connectivity index (χ2v) is 11.0. The molecule has 0 saturated carbocycles. The van der Waals surface area contributed by atoms with E-state index in [2.05, 4.69) is 34.0 Å². The van der Waals surface area contributed by atoms with Crippen molar-refractivity contribution in [1.82, 2.24) is 4.90 Å². The fraction of sp³-hybridized carbons (Fsp3) is 0.143. The van der Waals surface area contributed by atoms with Crippen LogP contribution in [0, 0.1) is 21.8 Å². The zero-order chi connectivity index (χ0) is 28.1. The Balaban J connectivity index is 1.49. The van der Waals surface area contributed by atoms with E-state index in [4.69, 9.17) is 21.1 Å².